The Hall–Kier alpha value is -5.34. The first-order chi connectivity index (χ1) is 22.7. The van der Waals surface area contributed by atoms with Crippen molar-refractivity contribution in [1.29, 1.82) is 0 Å². The molecule has 9 rings (SSSR count). The Morgan fingerprint density at radius 3 is 0.978 bits per heavy atom. The van der Waals surface area contributed by atoms with Gasteiger partial charge < -0.3 is 9.80 Å². The van der Waals surface area contributed by atoms with E-state index in [-0.39, 0.29) is 0 Å². The lowest BCUT2D eigenvalue weighted by Gasteiger charge is -2.28. The number of para-hydroxylation sites is 4. The molecule has 2 aliphatic rings. The van der Waals surface area contributed by atoms with Crippen molar-refractivity contribution in [1.82, 2.24) is 0 Å². The van der Waals surface area contributed by atoms with Crippen LogP contribution in [0.3, 0.4) is 0 Å². The van der Waals surface area contributed by atoms with E-state index in [0.29, 0.717) is 0 Å². The minimum Gasteiger partial charge on any atom is -0.310 e. The maximum absolute atomic E-state index is 2.48. The van der Waals surface area contributed by atoms with Gasteiger partial charge in [-0.3, -0.25) is 0 Å². The van der Waals surface area contributed by atoms with Crippen LogP contribution in [-0.4, -0.2) is 0 Å². The highest BCUT2D eigenvalue weighted by atomic mass is 15.2. The van der Waals surface area contributed by atoms with Gasteiger partial charge in [0.1, 0.15) is 0 Å². The first-order valence-electron chi connectivity index (χ1n) is 16.5. The average molecular weight is 593 g/mol. The van der Waals surface area contributed by atoms with E-state index in [1.807, 2.05) is 0 Å². The molecule has 0 radical (unpaired) electrons. The van der Waals surface area contributed by atoms with Crippen LogP contribution < -0.4 is 9.80 Å². The van der Waals surface area contributed by atoms with Crippen molar-refractivity contribution >= 4 is 55.7 Å². The number of nitrogens with zero attached hydrogens (tertiary/aromatic N) is 2. The van der Waals surface area contributed by atoms with Gasteiger partial charge in [0, 0.05) is 34.1 Å². The number of aryl methyl sites for hydroxylation is 6. The molecule has 0 bridgehead atoms. The molecule has 0 aliphatic carbocycles. The van der Waals surface area contributed by atoms with Crippen molar-refractivity contribution in [3.05, 3.63) is 167 Å². The average Bonchev–Trinajstić information content (AvgIpc) is 3.38. The molecule has 2 aliphatic heterocycles. The van der Waals surface area contributed by atoms with Crippen molar-refractivity contribution in [2.24, 2.45) is 0 Å². The minimum atomic E-state index is 1.05. The summed E-state index contributed by atoms with van der Waals surface area (Å²) in [5.41, 5.74) is 15.8. The molecule has 0 unspecified atom stereocenters. The fourth-order valence-electron chi connectivity index (χ4n) is 8.02. The highest BCUT2D eigenvalue weighted by Crippen LogP contribution is 2.46. The molecule has 0 spiro atoms. The van der Waals surface area contributed by atoms with Crippen LogP contribution in [-0.2, 0) is 25.7 Å². The summed E-state index contributed by atoms with van der Waals surface area (Å²) in [5.74, 6) is 0. The molecule has 0 fully saturated rings. The molecular formula is C44H36N2. The second-order valence-electron chi connectivity index (χ2n) is 12.9. The number of fused-ring (bicyclic) bond motifs is 6. The summed E-state index contributed by atoms with van der Waals surface area (Å²) in [4.78, 5) is 4.96. The van der Waals surface area contributed by atoms with E-state index in [0.717, 1.165) is 25.7 Å². The summed E-state index contributed by atoms with van der Waals surface area (Å²) >= 11 is 0. The molecule has 222 valence electrons. The highest BCUT2D eigenvalue weighted by molar-refractivity contribution is 6.08. The van der Waals surface area contributed by atoms with Gasteiger partial charge in [0.15, 0.2) is 0 Å². The predicted octanol–water partition coefficient (Wildman–Crippen LogP) is 11.7. The molecule has 7 aromatic carbocycles. The van der Waals surface area contributed by atoms with E-state index in [2.05, 4.69) is 157 Å². The lowest BCUT2D eigenvalue weighted by Crippen LogP contribution is -2.12. The van der Waals surface area contributed by atoms with Crippen LogP contribution in [0.1, 0.15) is 33.4 Å². The predicted molar refractivity (Wildman–Crippen MR) is 195 cm³/mol. The van der Waals surface area contributed by atoms with Gasteiger partial charge in [-0.05, 0) is 143 Å². The van der Waals surface area contributed by atoms with Gasteiger partial charge in [-0.25, -0.2) is 0 Å². The van der Waals surface area contributed by atoms with Gasteiger partial charge in [0.2, 0.25) is 0 Å². The van der Waals surface area contributed by atoms with E-state index in [9.17, 15) is 0 Å². The molecular weight excluding hydrogens is 556 g/mol. The van der Waals surface area contributed by atoms with E-state index in [4.69, 9.17) is 0 Å². The summed E-state index contributed by atoms with van der Waals surface area (Å²) in [5, 5.41) is 5.28. The SMILES string of the molecule is Cc1c2ccc(N3c4ccccc4CCc4ccccc43)cc2c(C)c2ccc(N3c4ccccc4CCc4ccccc43)cc12. The molecule has 0 aromatic heterocycles. The Balaban J connectivity index is 1.23. The van der Waals surface area contributed by atoms with Gasteiger partial charge in [-0.15, -0.1) is 0 Å². The van der Waals surface area contributed by atoms with Gasteiger partial charge in [-0.1, -0.05) is 84.9 Å². The Bertz CT molecular complexity index is 2050. The number of benzene rings is 7. The normalized spacial score (nSPS) is 13.9. The van der Waals surface area contributed by atoms with Crippen molar-refractivity contribution in [2.45, 2.75) is 39.5 Å². The fraction of sp³-hybridized carbons (Fsp3) is 0.136. The summed E-state index contributed by atoms with van der Waals surface area (Å²) < 4.78 is 0. The molecule has 0 amide bonds. The van der Waals surface area contributed by atoms with E-state index < -0.39 is 0 Å². The molecule has 2 heteroatoms. The smallest absolute Gasteiger partial charge is 0.0493 e. The Kier molecular flexibility index (Phi) is 6.24. The quantitative estimate of drug-likeness (QED) is 0.184. The zero-order valence-electron chi connectivity index (χ0n) is 26.4. The first kappa shape index (κ1) is 27.0. The van der Waals surface area contributed by atoms with Gasteiger partial charge in [-0.2, -0.15) is 0 Å². The van der Waals surface area contributed by atoms with Crippen LogP contribution >= 0.6 is 0 Å². The van der Waals surface area contributed by atoms with Crippen LogP contribution in [0.4, 0.5) is 34.1 Å². The van der Waals surface area contributed by atoms with E-state index >= 15 is 0 Å². The zero-order valence-corrected chi connectivity index (χ0v) is 26.4. The second kappa shape index (κ2) is 10.6. The molecule has 0 saturated carbocycles. The Morgan fingerprint density at radius 2 is 0.652 bits per heavy atom. The van der Waals surface area contributed by atoms with Crippen molar-refractivity contribution in [3.8, 4) is 0 Å². The number of hydrogen-bond acceptors (Lipinski definition) is 2. The summed E-state index contributed by atoms with van der Waals surface area (Å²) in [7, 11) is 0. The maximum atomic E-state index is 2.48. The number of rotatable bonds is 2. The second-order valence-corrected chi connectivity index (χ2v) is 12.9. The molecule has 7 aromatic rings. The standard InChI is InChI=1S/C44H36N2/c1-29-37-25-23-36(46-43-17-9-5-13-33(43)21-22-34-14-6-10-18-44(34)46)28-40(37)30(2)38-26-24-35(27-39(29)38)45-41-15-7-3-11-31(41)19-20-32-12-4-8-16-42(32)45/h3-18,23-28H,19-22H2,1-2H3. The largest absolute Gasteiger partial charge is 0.310 e. The van der Waals surface area contributed by atoms with Crippen LogP contribution in [0.5, 0.6) is 0 Å². The summed E-state index contributed by atoms with van der Waals surface area (Å²) in [6.07, 6.45) is 4.20. The van der Waals surface area contributed by atoms with Crippen molar-refractivity contribution in [3.63, 3.8) is 0 Å². The van der Waals surface area contributed by atoms with Crippen LogP contribution in [0.15, 0.2) is 133 Å². The third-order valence-electron chi connectivity index (χ3n) is 10.4. The Morgan fingerprint density at radius 1 is 0.348 bits per heavy atom. The lowest BCUT2D eigenvalue weighted by molar-refractivity contribution is 0.977. The van der Waals surface area contributed by atoms with Gasteiger partial charge in [0.25, 0.3) is 0 Å². The third-order valence-corrected chi connectivity index (χ3v) is 10.4. The maximum Gasteiger partial charge on any atom is 0.0493 e. The summed E-state index contributed by atoms with van der Waals surface area (Å²) in [6.45, 7) is 4.60. The molecule has 2 nitrogen and oxygen atoms in total. The van der Waals surface area contributed by atoms with E-state index in [1.165, 1.54) is 89.0 Å². The van der Waals surface area contributed by atoms with Crippen molar-refractivity contribution < 1.29 is 0 Å². The highest BCUT2D eigenvalue weighted by Gasteiger charge is 2.24. The number of anilines is 6. The monoisotopic (exact) mass is 592 g/mol. The lowest BCUT2D eigenvalue weighted by atomic mass is 9.92. The van der Waals surface area contributed by atoms with Crippen LogP contribution in [0.25, 0.3) is 21.5 Å². The zero-order chi connectivity index (χ0) is 30.8. The van der Waals surface area contributed by atoms with E-state index in [1.54, 1.807) is 0 Å². The number of hydrogen-bond donors (Lipinski definition) is 0. The summed E-state index contributed by atoms with van der Waals surface area (Å²) in [6, 6.07) is 49.8. The Labute approximate surface area is 271 Å². The van der Waals surface area contributed by atoms with Crippen LogP contribution in [0.2, 0.25) is 0 Å². The molecule has 46 heavy (non-hydrogen) atoms. The molecule has 0 saturated heterocycles. The minimum absolute atomic E-state index is 1.05. The van der Waals surface area contributed by atoms with Crippen molar-refractivity contribution in [2.75, 3.05) is 9.80 Å². The topological polar surface area (TPSA) is 6.48 Å². The molecule has 0 N–H and O–H groups in total. The molecule has 2 heterocycles. The first-order valence-corrected chi connectivity index (χ1v) is 16.5. The fourth-order valence-corrected chi connectivity index (χ4v) is 8.02. The molecule has 0 atom stereocenters. The van der Waals surface area contributed by atoms with Gasteiger partial charge in [0.05, 0.1) is 0 Å². The third kappa shape index (κ3) is 4.17. The van der Waals surface area contributed by atoms with Crippen LogP contribution in [0, 0.1) is 13.8 Å². The van der Waals surface area contributed by atoms with Gasteiger partial charge >= 0.3 is 0 Å².